The lowest BCUT2D eigenvalue weighted by Gasteiger charge is -2.07. The second kappa shape index (κ2) is 8.08. The summed E-state index contributed by atoms with van der Waals surface area (Å²) in [6.45, 7) is -0.618. The minimum atomic E-state index is -1.10. The molecule has 0 fully saturated rings. The standard InChI is InChI=1S/C21H14F2N4O3/c22-16-7-6-14(10-17(16)23)26-19(28)12-30-21(29)15-11-25-27-18(8-9-24-20(15)27)13-4-2-1-3-5-13/h1-11H,12H2,(H,26,28). The summed E-state index contributed by atoms with van der Waals surface area (Å²) in [5.41, 5.74) is 2.03. The summed E-state index contributed by atoms with van der Waals surface area (Å²) in [5, 5.41) is 6.52. The Labute approximate surface area is 168 Å². The monoisotopic (exact) mass is 408 g/mol. The Hall–Kier alpha value is -4.14. The zero-order chi connectivity index (χ0) is 21.1. The summed E-state index contributed by atoms with van der Waals surface area (Å²) >= 11 is 0. The maximum absolute atomic E-state index is 13.2. The maximum Gasteiger partial charge on any atom is 0.344 e. The fourth-order valence-corrected chi connectivity index (χ4v) is 2.84. The number of ether oxygens (including phenoxy) is 1. The molecule has 0 unspecified atom stereocenters. The molecule has 0 saturated heterocycles. The van der Waals surface area contributed by atoms with E-state index in [-0.39, 0.29) is 16.9 Å². The molecule has 9 heteroatoms. The van der Waals surface area contributed by atoms with Crippen LogP contribution in [0, 0.1) is 11.6 Å². The van der Waals surface area contributed by atoms with Gasteiger partial charge in [0.05, 0.1) is 11.9 Å². The van der Waals surface area contributed by atoms with E-state index in [9.17, 15) is 18.4 Å². The quantitative estimate of drug-likeness (QED) is 0.511. The maximum atomic E-state index is 13.2. The molecule has 0 spiro atoms. The predicted octanol–water partition coefficient (Wildman–Crippen LogP) is 3.47. The molecule has 0 aliphatic carbocycles. The Kier molecular flexibility index (Phi) is 5.17. The molecule has 0 saturated carbocycles. The number of anilines is 1. The third-order valence-corrected chi connectivity index (χ3v) is 4.23. The van der Waals surface area contributed by atoms with E-state index in [0.29, 0.717) is 0 Å². The molecule has 4 aromatic rings. The van der Waals surface area contributed by atoms with Crippen molar-refractivity contribution in [2.45, 2.75) is 0 Å². The summed E-state index contributed by atoms with van der Waals surface area (Å²) < 4.78 is 32.7. The van der Waals surface area contributed by atoms with Crippen molar-refractivity contribution in [2.24, 2.45) is 0 Å². The number of hydrogen-bond acceptors (Lipinski definition) is 5. The van der Waals surface area contributed by atoms with Gasteiger partial charge in [0.2, 0.25) is 0 Å². The van der Waals surface area contributed by atoms with Gasteiger partial charge in [-0.1, -0.05) is 30.3 Å². The highest BCUT2D eigenvalue weighted by Crippen LogP contribution is 2.21. The van der Waals surface area contributed by atoms with E-state index in [1.54, 1.807) is 12.3 Å². The van der Waals surface area contributed by atoms with Crippen LogP contribution in [0.3, 0.4) is 0 Å². The van der Waals surface area contributed by atoms with Crippen LogP contribution in [0.4, 0.5) is 14.5 Å². The van der Waals surface area contributed by atoms with Crippen molar-refractivity contribution in [1.29, 1.82) is 0 Å². The number of amides is 1. The molecule has 30 heavy (non-hydrogen) atoms. The molecule has 0 aliphatic heterocycles. The van der Waals surface area contributed by atoms with Crippen LogP contribution in [0.1, 0.15) is 10.4 Å². The van der Waals surface area contributed by atoms with Crippen molar-refractivity contribution in [2.75, 3.05) is 11.9 Å². The number of esters is 1. The Morgan fingerprint density at radius 3 is 2.60 bits per heavy atom. The number of carbonyl (C=O) groups is 2. The molecule has 2 heterocycles. The lowest BCUT2D eigenvalue weighted by atomic mass is 10.1. The first-order valence-corrected chi connectivity index (χ1v) is 8.83. The van der Waals surface area contributed by atoms with E-state index in [4.69, 9.17) is 4.74 Å². The third-order valence-electron chi connectivity index (χ3n) is 4.23. The first kappa shape index (κ1) is 19.2. The van der Waals surface area contributed by atoms with Gasteiger partial charge in [-0.3, -0.25) is 4.79 Å². The van der Waals surface area contributed by atoms with Crippen LogP contribution in [-0.2, 0) is 9.53 Å². The van der Waals surface area contributed by atoms with Crippen LogP contribution in [0.15, 0.2) is 67.0 Å². The van der Waals surface area contributed by atoms with Crippen LogP contribution >= 0.6 is 0 Å². The van der Waals surface area contributed by atoms with Crippen LogP contribution < -0.4 is 5.32 Å². The number of fused-ring (bicyclic) bond motifs is 1. The molecule has 150 valence electrons. The third kappa shape index (κ3) is 3.86. The highest BCUT2D eigenvalue weighted by Gasteiger charge is 2.18. The molecule has 1 N–H and O–H groups in total. The van der Waals surface area contributed by atoms with E-state index < -0.39 is 30.1 Å². The SMILES string of the molecule is O=C(COC(=O)c1cnn2c(-c3ccccc3)ccnc12)Nc1ccc(F)c(F)c1. The number of benzene rings is 2. The van der Waals surface area contributed by atoms with E-state index in [1.165, 1.54) is 16.8 Å². The summed E-state index contributed by atoms with van der Waals surface area (Å²) in [5.74, 6) is -3.63. The zero-order valence-electron chi connectivity index (χ0n) is 15.4. The van der Waals surface area contributed by atoms with Gasteiger partial charge in [-0.25, -0.2) is 23.1 Å². The lowest BCUT2D eigenvalue weighted by Crippen LogP contribution is -2.21. The van der Waals surface area contributed by atoms with Crippen LogP contribution in [0.25, 0.3) is 16.9 Å². The zero-order valence-corrected chi connectivity index (χ0v) is 15.4. The summed E-state index contributed by atoms with van der Waals surface area (Å²) in [6, 6.07) is 14.1. The molecule has 0 radical (unpaired) electrons. The fraction of sp³-hybridized carbons (Fsp3) is 0.0476. The molecule has 1 amide bonds. The Morgan fingerprint density at radius 2 is 1.83 bits per heavy atom. The van der Waals surface area contributed by atoms with Crippen molar-refractivity contribution in [3.05, 3.63) is 84.2 Å². The van der Waals surface area contributed by atoms with Crippen molar-refractivity contribution in [3.63, 3.8) is 0 Å². The summed E-state index contributed by atoms with van der Waals surface area (Å²) in [6.07, 6.45) is 2.86. The predicted molar refractivity (Wildman–Crippen MR) is 104 cm³/mol. The molecule has 0 aliphatic rings. The molecular weight excluding hydrogens is 394 g/mol. The number of rotatable bonds is 5. The number of carbonyl (C=O) groups excluding carboxylic acids is 2. The van der Waals surface area contributed by atoms with Gasteiger partial charge in [-0.2, -0.15) is 5.10 Å². The minimum Gasteiger partial charge on any atom is -0.452 e. The van der Waals surface area contributed by atoms with Gasteiger partial charge >= 0.3 is 5.97 Å². The molecule has 0 atom stereocenters. The van der Waals surface area contributed by atoms with Gasteiger partial charge in [0.25, 0.3) is 5.91 Å². The van der Waals surface area contributed by atoms with Gasteiger partial charge in [-0.05, 0) is 18.2 Å². The van der Waals surface area contributed by atoms with Gasteiger partial charge < -0.3 is 10.1 Å². The van der Waals surface area contributed by atoms with E-state index in [1.807, 2.05) is 30.3 Å². The molecule has 2 aromatic carbocycles. The second-order valence-corrected chi connectivity index (χ2v) is 6.24. The Bertz CT molecular complexity index is 1240. The molecule has 2 aromatic heterocycles. The number of aromatic nitrogens is 3. The van der Waals surface area contributed by atoms with Crippen molar-refractivity contribution < 1.29 is 23.1 Å². The summed E-state index contributed by atoms with van der Waals surface area (Å²) in [7, 11) is 0. The molecule has 4 rings (SSSR count). The number of nitrogens with one attached hydrogen (secondary N) is 1. The number of nitrogens with zero attached hydrogens (tertiary/aromatic N) is 3. The minimum absolute atomic E-state index is 0.0418. The van der Waals surface area contributed by atoms with Gasteiger partial charge in [-0.15, -0.1) is 0 Å². The van der Waals surface area contributed by atoms with E-state index >= 15 is 0 Å². The highest BCUT2D eigenvalue weighted by molar-refractivity contribution is 5.98. The number of hydrogen-bond donors (Lipinski definition) is 1. The van der Waals surface area contributed by atoms with Crippen molar-refractivity contribution in [3.8, 4) is 11.3 Å². The lowest BCUT2D eigenvalue weighted by molar-refractivity contribution is -0.119. The van der Waals surface area contributed by atoms with Crippen LogP contribution in [0.2, 0.25) is 0 Å². The average molecular weight is 408 g/mol. The second-order valence-electron chi connectivity index (χ2n) is 6.24. The smallest absolute Gasteiger partial charge is 0.344 e. The van der Waals surface area contributed by atoms with Crippen LogP contribution in [0.5, 0.6) is 0 Å². The van der Waals surface area contributed by atoms with Crippen molar-refractivity contribution >= 4 is 23.2 Å². The van der Waals surface area contributed by atoms with Crippen molar-refractivity contribution in [1.82, 2.24) is 14.6 Å². The van der Waals surface area contributed by atoms with E-state index in [0.717, 1.165) is 23.4 Å². The molecular formula is C21H14F2N4O3. The summed E-state index contributed by atoms with van der Waals surface area (Å²) in [4.78, 5) is 28.5. The Balaban J connectivity index is 1.47. The highest BCUT2D eigenvalue weighted by atomic mass is 19.2. The largest absolute Gasteiger partial charge is 0.452 e. The van der Waals surface area contributed by atoms with Gasteiger partial charge in [0.1, 0.15) is 5.56 Å². The topological polar surface area (TPSA) is 85.6 Å². The average Bonchev–Trinajstić information content (AvgIpc) is 3.20. The fourth-order valence-electron chi connectivity index (χ4n) is 2.84. The first-order valence-electron chi connectivity index (χ1n) is 8.83. The Morgan fingerprint density at radius 1 is 1.03 bits per heavy atom. The van der Waals surface area contributed by atoms with Gasteiger partial charge in [0.15, 0.2) is 23.9 Å². The normalized spacial score (nSPS) is 10.7. The number of halogens is 2. The molecule has 0 bridgehead atoms. The van der Waals surface area contributed by atoms with E-state index in [2.05, 4.69) is 15.4 Å². The first-order chi connectivity index (χ1) is 14.5. The molecule has 7 nitrogen and oxygen atoms in total. The van der Waals surface area contributed by atoms with Gasteiger partial charge in [0, 0.05) is 23.5 Å². The van der Waals surface area contributed by atoms with Crippen LogP contribution in [-0.4, -0.2) is 33.1 Å².